The highest BCUT2D eigenvalue weighted by molar-refractivity contribution is 5.85. The molecule has 0 aromatic carbocycles. The molecule has 1 amide bonds. The number of carboxylic acid groups (broad SMARTS) is 1. The van der Waals surface area contributed by atoms with Gasteiger partial charge in [-0.25, -0.2) is 9.59 Å². The zero-order valence-electron chi connectivity index (χ0n) is 15.7. The van der Waals surface area contributed by atoms with Crippen molar-refractivity contribution in [2.24, 2.45) is 11.8 Å². The molecule has 1 N–H and O–H groups in total. The number of carbonyl (C=O) groups is 2. The zero-order valence-corrected chi connectivity index (χ0v) is 15.7. The number of hydrogen-bond acceptors (Lipinski definition) is 3. The summed E-state index contributed by atoms with van der Waals surface area (Å²) < 4.78 is 5.54. The van der Waals surface area contributed by atoms with E-state index in [1.165, 1.54) is 4.90 Å². The van der Waals surface area contributed by atoms with Crippen molar-refractivity contribution < 1.29 is 19.4 Å². The van der Waals surface area contributed by atoms with E-state index in [9.17, 15) is 14.7 Å². The number of nitrogens with zero attached hydrogens (tertiary/aromatic N) is 1. The summed E-state index contributed by atoms with van der Waals surface area (Å²) in [7, 11) is 0. The highest BCUT2D eigenvalue weighted by Gasteiger charge is 2.56. The van der Waals surface area contributed by atoms with E-state index < -0.39 is 23.2 Å². The molecule has 134 valence electrons. The van der Waals surface area contributed by atoms with Crippen LogP contribution in [0.3, 0.4) is 0 Å². The Bertz CT molecular complexity index is 439. The lowest BCUT2D eigenvalue weighted by atomic mass is 9.66. The van der Waals surface area contributed by atoms with Gasteiger partial charge in [-0.05, 0) is 59.3 Å². The van der Waals surface area contributed by atoms with E-state index >= 15 is 0 Å². The Morgan fingerprint density at radius 2 is 1.74 bits per heavy atom. The Hall–Kier alpha value is -1.26. The molecule has 23 heavy (non-hydrogen) atoms. The van der Waals surface area contributed by atoms with E-state index in [1.54, 1.807) is 20.8 Å². The first-order chi connectivity index (χ1) is 10.4. The van der Waals surface area contributed by atoms with Gasteiger partial charge in [0, 0.05) is 6.04 Å². The Balaban J connectivity index is 3.36. The van der Waals surface area contributed by atoms with Gasteiger partial charge in [0.2, 0.25) is 0 Å². The van der Waals surface area contributed by atoms with Gasteiger partial charge in [0.1, 0.15) is 11.1 Å². The average Bonchev–Trinajstić information content (AvgIpc) is 2.35. The number of ether oxygens (including phenoxy) is 1. The van der Waals surface area contributed by atoms with Crippen LogP contribution in [0.2, 0.25) is 0 Å². The van der Waals surface area contributed by atoms with Gasteiger partial charge in [0.15, 0.2) is 0 Å². The molecule has 5 nitrogen and oxygen atoms in total. The van der Waals surface area contributed by atoms with Crippen LogP contribution in [0.5, 0.6) is 0 Å². The maximum absolute atomic E-state index is 12.8. The van der Waals surface area contributed by atoms with Gasteiger partial charge in [-0.2, -0.15) is 0 Å². The number of rotatable bonds is 4. The van der Waals surface area contributed by atoms with Crippen molar-refractivity contribution in [1.29, 1.82) is 0 Å². The molecule has 0 saturated heterocycles. The summed E-state index contributed by atoms with van der Waals surface area (Å²) in [6.45, 7) is 13.2. The molecule has 0 bridgehead atoms. The summed E-state index contributed by atoms with van der Waals surface area (Å²) in [4.78, 5) is 26.7. The lowest BCUT2D eigenvalue weighted by molar-refractivity contribution is -0.162. The molecular formula is C18H33NO4. The third kappa shape index (κ3) is 4.18. The molecule has 0 heterocycles. The normalized spacial score (nSPS) is 25.5. The van der Waals surface area contributed by atoms with Gasteiger partial charge in [0.25, 0.3) is 0 Å². The van der Waals surface area contributed by atoms with E-state index in [-0.39, 0.29) is 17.9 Å². The van der Waals surface area contributed by atoms with Crippen LogP contribution in [-0.4, -0.2) is 39.3 Å². The number of aliphatic carboxylic acids is 1. The molecular weight excluding hydrogens is 294 g/mol. The molecule has 5 heteroatoms. The Morgan fingerprint density at radius 1 is 1.17 bits per heavy atom. The Kier molecular flexibility index (Phi) is 6.11. The van der Waals surface area contributed by atoms with Crippen LogP contribution < -0.4 is 0 Å². The standard InChI is InChI=1S/C18H33NO4/c1-12(2)14-10-8-9-11-18(14,15(20)21)19(13(3)4)16(22)23-17(5,6)7/h12-14H,8-11H2,1-7H3,(H,20,21). The average molecular weight is 327 g/mol. The van der Waals surface area contributed by atoms with Crippen LogP contribution in [0.1, 0.15) is 74.1 Å². The minimum absolute atomic E-state index is 0.0660. The SMILES string of the molecule is CC(C)C1CCCCC1(C(=O)O)N(C(=O)OC(C)(C)C)C(C)C. The molecule has 0 aromatic rings. The van der Waals surface area contributed by atoms with Gasteiger partial charge >= 0.3 is 12.1 Å². The lowest BCUT2D eigenvalue weighted by Gasteiger charge is -2.51. The smallest absolute Gasteiger partial charge is 0.411 e. The second-order valence-electron chi connectivity index (χ2n) is 8.27. The van der Waals surface area contributed by atoms with E-state index in [1.807, 2.05) is 27.7 Å². The zero-order chi connectivity index (χ0) is 18.0. The van der Waals surface area contributed by atoms with Crippen molar-refractivity contribution in [1.82, 2.24) is 4.90 Å². The first-order valence-electron chi connectivity index (χ1n) is 8.69. The Labute approximate surface area is 140 Å². The summed E-state index contributed by atoms with van der Waals surface area (Å²) in [6, 6.07) is -0.236. The first kappa shape index (κ1) is 19.8. The number of carbonyl (C=O) groups excluding carboxylic acids is 1. The quantitative estimate of drug-likeness (QED) is 0.836. The molecule has 1 fully saturated rings. The summed E-state index contributed by atoms with van der Waals surface area (Å²) in [5.41, 5.74) is -1.82. The van der Waals surface area contributed by atoms with Gasteiger partial charge in [0.05, 0.1) is 0 Å². The second-order valence-corrected chi connectivity index (χ2v) is 8.27. The minimum atomic E-state index is -1.18. The third-order valence-electron chi connectivity index (χ3n) is 4.65. The maximum atomic E-state index is 12.8. The predicted molar refractivity (Wildman–Crippen MR) is 90.4 cm³/mol. The van der Waals surface area contributed by atoms with Crippen molar-refractivity contribution in [2.75, 3.05) is 0 Å². The number of carboxylic acids is 1. The van der Waals surface area contributed by atoms with E-state index in [0.717, 1.165) is 19.3 Å². The van der Waals surface area contributed by atoms with Crippen molar-refractivity contribution in [3.05, 3.63) is 0 Å². The lowest BCUT2D eigenvalue weighted by Crippen LogP contribution is -2.66. The van der Waals surface area contributed by atoms with Gasteiger partial charge in [-0.1, -0.05) is 26.7 Å². The third-order valence-corrected chi connectivity index (χ3v) is 4.65. The highest BCUT2D eigenvalue weighted by Crippen LogP contribution is 2.44. The number of amides is 1. The van der Waals surface area contributed by atoms with Crippen LogP contribution in [-0.2, 0) is 9.53 Å². The fraction of sp³-hybridized carbons (Fsp3) is 0.889. The van der Waals surface area contributed by atoms with Crippen molar-refractivity contribution in [3.8, 4) is 0 Å². The largest absolute Gasteiger partial charge is 0.479 e. The molecule has 0 spiro atoms. The Morgan fingerprint density at radius 3 is 2.13 bits per heavy atom. The maximum Gasteiger partial charge on any atom is 0.411 e. The second kappa shape index (κ2) is 7.10. The van der Waals surface area contributed by atoms with Crippen molar-refractivity contribution in [2.45, 2.75) is 91.3 Å². The molecule has 1 rings (SSSR count). The number of hydrogen-bond donors (Lipinski definition) is 1. The monoisotopic (exact) mass is 327 g/mol. The highest BCUT2D eigenvalue weighted by atomic mass is 16.6. The molecule has 0 aromatic heterocycles. The summed E-state index contributed by atoms with van der Waals surface area (Å²) in [5.74, 6) is -0.783. The fourth-order valence-electron chi connectivity index (χ4n) is 3.88. The van der Waals surface area contributed by atoms with Crippen LogP contribution >= 0.6 is 0 Å². The summed E-state index contributed by atoms with van der Waals surface area (Å²) in [5, 5.41) is 10.1. The van der Waals surface area contributed by atoms with Crippen LogP contribution in [0, 0.1) is 11.8 Å². The van der Waals surface area contributed by atoms with Crippen molar-refractivity contribution >= 4 is 12.1 Å². The molecule has 0 aliphatic heterocycles. The van der Waals surface area contributed by atoms with Gasteiger partial charge in [-0.15, -0.1) is 0 Å². The fourth-order valence-corrected chi connectivity index (χ4v) is 3.88. The van der Waals surface area contributed by atoms with Crippen LogP contribution in [0.25, 0.3) is 0 Å². The summed E-state index contributed by atoms with van der Waals surface area (Å²) in [6.07, 6.45) is 2.63. The van der Waals surface area contributed by atoms with Crippen LogP contribution in [0.15, 0.2) is 0 Å². The molecule has 1 aliphatic rings. The molecule has 1 aliphatic carbocycles. The molecule has 0 radical (unpaired) electrons. The van der Waals surface area contributed by atoms with Gasteiger partial charge in [-0.3, -0.25) is 4.90 Å². The first-order valence-corrected chi connectivity index (χ1v) is 8.69. The van der Waals surface area contributed by atoms with Crippen molar-refractivity contribution in [3.63, 3.8) is 0 Å². The minimum Gasteiger partial charge on any atom is -0.479 e. The molecule has 2 atom stereocenters. The topological polar surface area (TPSA) is 66.8 Å². The van der Waals surface area contributed by atoms with Gasteiger partial charge < -0.3 is 9.84 Å². The van der Waals surface area contributed by atoms with E-state index in [2.05, 4.69) is 0 Å². The molecule has 1 saturated carbocycles. The molecule has 2 unspecified atom stereocenters. The van der Waals surface area contributed by atoms with Crippen LogP contribution in [0.4, 0.5) is 4.79 Å². The predicted octanol–water partition coefficient (Wildman–Crippen LogP) is 4.30. The summed E-state index contributed by atoms with van der Waals surface area (Å²) >= 11 is 0. The van der Waals surface area contributed by atoms with E-state index in [4.69, 9.17) is 4.74 Å². The van der Waals surface area contributed by atoms with E-state index in [0.29, 0.717) is 6.42 Å².